The van der Waals surface area contributed by atoms with Crippen LogP contribution in [0.5, 0.6) is 17.2 Å². The van der Waals surface area contributed by atoms with Crippen LogP contribution in [0, 0.1) is 0 Å². The summed E-state index contributed by atoms with van der Waals surface area (Å²) in [6.07, 6.45) is 1.74. The van der Waals surface area contributed by atoms with Crippen LogP contribution in [0.15, 0.2) is 54.7 Å². The number of nitrogens with one attached hydrogen (secondary N) is 2. The van der Waals surface area contributed by atoms with Crippen LogP contribution in [-0.4, -0.2) is 37.0 Å². The molecule has 3 rings (SSSR count). The van der Waals surface area contributed by atoms with Gasteiger partial charge in [0.2, 0.25) is 0 Å². The summed E-state index contributed by atoms with van der Waals surface area (Å²) in [6.45, 7) is 2.43. The number of thiocarbonyl (C=S) groups is 1. The van der Waals surface area contributed by atoms with Crippen LogP contribution >= 0.6 is 12.2 Å². The molecule has 0 saturated carbocycles. The molecule has 0 saturated heterocycles. The quantitative estimate of drug-likeness (QED) is 0.584. The molecule has 146 valence electrons. The molecule has 0 unspecified atom stereocenters. The maximum atomic E-state index is 5.84. The third kappa shape index (κ3) is 4.61. The lowest BCUT2D eigenvalue weighted by Crippen LogP contribution is -2.39. The second kappa shape index (κ2) is 9.23. The van der Waals surface area contributed by atoms with Crippen molar-refractivity contribution in [3.63, 3.8) is 0 Å². The average Bonchev–Trinajstić information content (AvgIpc) is 2.72. The summed E-state index contributed by atoms with van der Waals surface area (Å²) in [6, 6.07) is 15.2. The Bertz CT molecular complexity index is 965. The number of benzene rings is 2. The number of aromatic nitrogens is 1. The number of nitrogens with zero attached hydrogens (tertiary/aromatic N) is 1. The van der Waals surface area contributed by atoms with Gasteiger partial charge in [-0.05, 0) is 55.5 Å². The van der Waals surface area contributed by atoms with E-state index in [9.17, 15) is 0 Å². The normalized spacial score (nSPS) is 11.5. The molecule has 2 aromatic carbocycles. The highest BCUT2D eigenvalue weighted by atomic mass is 32.1. The van der Waals surface area contributed by atoms with Crippen LogP contribution in [0.4, 0.5) is 5.69 Å². The first-order valence-corrected chi connectivity index (χ1v) is 9.28. The molecule has 7 heteroatoms. The zero-order valence-corrected chi connectivity index (χ0v) is 16.9. The van der Waals surface area contributed by atoms with Gasteiger partial charge in [0, 0.05) is 17.3 Å². The predicted molar refractivity (Wildman–Crippen MR) is 116 cm³/mol. The Kier molecular flexibility index (Phi) is 6.49. The molecule has 6 nitrogen and oxygen atoms in total. The molecule has 0 aliphatic heterocycles. The van der Waals surface area contributed by atoms with Gasteiger partial charge in [0.1, 0.15) is 17.9 Å². The summed E-state index contributed by atoms with van der Waals surface area (Å²) in [5.41, 5.74) is 1.64. The van der Waals surface area contributed by atoms with Crippen molar-refractivity contribution in [2.45, 2.75) is 13.0 Å². The van der Waals surface area contributed by atoms with Crippen molar-refractivity contribution in [2.75, 3.05) is 26.1 Å². The lowest BCUT2D eigenvalue weighted by molar-refractivity contribution is 0.270. The van der Waals surface area contributed by atoms with Crippen LogP contribution in [0.25, 0.3) is 10.9 Å². The fourth-order valence-corrected chi connectivity index (χ4v) is 3.11. The van der Waals surface area contributed by atoms with Crippen LogP contribution in [-0.2, 0) is 0 Å². The minimum absolute atomic E-state index is 0.00690. The van der Waals surface area contributed by atoms with Gasteiger partial charge in [0.05, 0.1) is 20.3 Å². The maximum Gasteiger partial charge on any atom is 0.171 e. The Morgan fingerprint density at radius 2 is 1.75 bits per heavy atom. The SMILES string of the molecule is COc1ccccc1OC[C@H](C)NC(=S)Nc1ccc(OC)c2ncccc12. The number of fused-ring (bicyclic) bond motifs is 1. The van der Waals surface area contributed by atoms with Crippen molar-refractivity contribution in [3.8, 4) is 17.2 Å². The second-order valence-electron chi connectivity index (χ2n) is 6.18. The van der Waals surface area contributed by atoms with E-state index in [4.69, 9.17) is 26.4 Å². The number of para-hydroxylation sites is 2. The Morgan fingerprint density at radius 1 is 1.00 bits per heavy atom. The number of hydrogen-bond donors (Lipinski definition) is 2. The van der Waals surface area contributed by atoms with Crippen molar-refractivity contribution in [2.24, 2.45) is 0 Å². The Hall–Kier alpha value is -3.06. The van der Waals surface area contributed by atoms with Gasteiger partial charge in [-0.1, -0.05) is 12.1 Å². The van der Waals surface area contributed by atoms with Crippen LogP contribution in [0.3, 0.4) is 0 Å². The topological polar surface area (TPSA) is 64.6 Å². The van der Waals surface area contributed by atoms with E-state index in [2.05, 4.69) is 15.6 Å². The summed E-state index contributed by atoms with van der Waals surface area (Å²) in [7, 11) is 3.25. The third-order valence-electron chi connectivity index (χ3n) is 4.14. The molecule has 1 atom stereocenters. The van der Waals surface area contributed by atoms with E-state index in [1.54, 1.807) is 20.4 Å². The summed E-state index contributed by atoms with van der Waals surface area (Å²) in [4.78, 5) is 4.40. The monoisotopic (exact) mass is 397 g/mol. The summed E-state index contributed by atoms with van der Waals surface area (Å²) < 4.78 is 16.5. The molecule has 0 radical (unpaired) electrons. The lowest BCUT2D eigenvalue weighted by Gasteiger charge is -2.19. The Morgan fingerprint density at radius 3 is 2.50 bits per heavy atom. The molecular weight excluding hydrogens is 374 g/mol. The summed E-state index contributed by atoms with van der Waals surface area (Å²) in [5.74, 6) is 2.12. The Labute approximate surface area is 169 Å². The molecule has 28 heavy (non-hydrogen) atoms. The number of hydrogen-bond acceptors (Lipinski definition) is 5. The number of rotatable bonds is 7. The molecule has 0 spiro atoms. The average molecular weight is 398 g/mol. The predicted octanol–water partition coefficient (Wildman–Crippen LogP) is 4.01. The molecule has 3 aromatic rings. The standard InChI is InChI=1S/C21H23N3O3S/c1-14(13-27-18-9-5-4-8-17(18)25-2)23-21(28)24-16-10-11-19(26-3)20-15(16)7-6-12-22-20/h4-12,14H,13H2,1-3H3,(H2,23,24,28)/t14-/m0/s1. The highest BCUT2D eigenvalue weighted by Crippen LogP contribution is 2.29. The lowest BCUT2D eigenvalue weighted by atomic mass is 10.1. The van der Waals surface area contributed by atoms with Gasteiger partial charge in [-0.2, -0.15) is 0 Å². The summed E-state index contributed by atoms with van der Waals surface area (Å²) in [5, 5.41) is 7.90. The van der Waals surface area contributed by atoms with Gasteiger partial charge in [-0.15, -0.1) is 0 Å². The fraction of sp³-hybridized carbons (Fsp3) is 0.238. The molecule has 1 aromatic heterocycles. The molecular formula is C21H23N3O3S. The second-order valence-corrected chi connectivity index (χ2v) is 6.58. The van der Waals surface area contributed by atoms with Gasteiger partial charge in [-0.3, -0.25) is 4.98 Å². The van der Waals surface area contributed by atoms with Crippen LogP contribution < -0.4 is 24.8 Å². The van der Waals surface area contributed by atoms with Crippen molar-refractivity contribution in [1.82, 2.24) is 10.3 Å². The summed E-state index contributed by atoms with van der Waals surface area (Å²) >= 11 is 5.46. The van der Waals surface area contributed by atoms with E-state index >= 15 is 0 Å². The van der Waals surface area contributed by atoms with Gasteiger partial charge >= 0.3 is 0 Å². The van der Waals surface area contributed by atoms with E-state index in [1.165, 1.54) is 0 Å². The molecule has 2 N–H and O–H groups in total. The zero-order chi connectivity index (χ0) is 19.9. The van der Waals surface area contributed by atoms with Crippen molar-refractivity contribution >= 4 is 33.9 Å². The van der Waals surface area contributed by atoms with Crippen LogP contribution in [0.1, 0.15) is 6.92 Å². The molecule has 1 heterocycles. The highest BCUT2D eigenvalue weighted by molar-refractivity contribution is 7.80. The van der Waals surface area contributed by atoms with Crippen molar-refractivity contribution < 1.29 is 14.2 Å². The highest BCUT2D eigenvalue weighted by Gasteiger charge is 2.11. The van der Waals surface area contributed by atoms with Gasteiger partial charge in [0.15, 0.2) is 16.6 Å². The Balaban J connectivity index is 1.62. The molecule has 0 aliphatic carbocycles. The number of anilines is 1. The first-order valence-electron chi connectivity index (χ1n) is 8.87. The minimum Gasteiger partial charge on any atom is -0.494 e. The van der Waals surface area contributed by atoms with Crippen molar-refractivity contribution in [3.05, 3.63) is 54.7 Å². The molecule has 0 fully saturated rings. The van der Waals surface area contributed by atoms with E-state index in [0.29, 0.717) is 23.2 Å². The van der Waals surface area contributed by atoms with Crippen molar-refractivity contribution in [1.29, 1.82) is 0 Å². The van der Waals surface area contributed by atoms with E-state index in [0.717, 1.165) is 22.3 Å². The van der Waals surface area contributed by atoms with E-state index < -0.39 is 0 Å². The molecule has 0 aliphatic rings. The zero-order valence-electron chi connectivity index (χ0n) is 16.1. The maximum absolute atomic E-state index is 5.84. The largest absolute Gasteiger partial charge is 0.494 e. The minimum atomic E-state index is -0.00690. The van der Waals surface area contributed by atoms with Gasteiger partial charge < -0.3 is 24.8 Å². The number of ether oxygens (including phenoxy) is 3. The molecule has 0 bridgehead atoms. The first kappa shape index (κ1) is 19.7. The molecule has 0 amide bonds. The van der Waals surface area contributed by atoms with E-state index in [1.807, 2.05) is 55.5 Å². The smallest absolute Gasteiger partial charge is 0.171 e. The number of methoxy groups -OCH3 is 2. The van der Waals surface area contributed by atoms with Gasteiger partial charge in [-0.25, -0.2) is 0 Å². The van der Waals surface area contributed by atoms with Crippen LogP contribution in [0.2, 0.25) is 0 Å². The third-order valence-corrected chi connectivity index (χ3v) is 4.36. The van der Waals surface area contributed by atoms with E-state index in [-0.39, 0.29) is 6.04 Å². The fourth-order valence-electron chi connectivity index (χ4n) is 2.80. The van der Waals surface area contributed by atoms with Gasteiger partial charge in [0.25, 0.3) is 0 Å². The first-order chi connectivity index (χ1) is 13.6. The number of pyridine rings is 1.